The van der Waals surface area contributed by atoms with E-state index in [0.717, 1.165) is 59.7 Å². The number of fused-ring (bicyclic) bond motifs is 1. The van der Waals surface area contributed by atoms with E-state index in [1.165, 1.54) is 0 Å². The molecule has 1 N–H and O–H groups in total. The summed E-state index contributed by atoms with van der Waals surface area (Å²) in [5.74, 6) is 1.69. The van der Waals surface area contributed by atoms with Crippen molar-refractivity contribution in [1.29, 1.82) is 0 Å². The van der Waals surface area contributed by atoms with Gasteiger partial charge in [-0.15, -0.1) is 0 Å². The Kier molecular flexibility index (Phi) is 5.59. The predicted molar refractivity (Wildman–Crippen MR) is 123 cm³/mol. The zero-order chi connectivity index (χ0) is 22.4. The smallest absolute Gasteiger partial charge is 0.228 e. The van der Waals surface area contributed by atoms with Crippen LogP contribution in [0.25, 0.3) is 10.9 Å². The molecule has 170 valence electrons. The van der Waals surface area contributed by atoms with Gasteiger partial charge in [0, 0.05) is 43.2 Å². The molecule has 7 nitrogen and oxygen atoms in total. The van der Waals surface area contributed by atoms with Gasteiger partial charge in [-0.1, -0.05) is 6.92 Å². The van der Waals surface area contributed by atoms with E-state index >= 15 is 4.39 Å². The van der Waals surface area contributed by atoms with Gasteiger partial charge in [0.2, 0.25) is 5.95 Å². The molecular weight excluding hydrogens is 407 g/mol. The molecule has 2 aromatic heterocycles. The van der Waals surface area contributed by atoms with Crippen LogP contribution in [0.15, 0.2) is 24.4 Å². The molecular formula is C24H31FN6O. The van der Waals surface area contributed by atoms with Crippen molar-refractivity contribution in [2.45, 2.75) is 45.3 Å². The van der Waals surface area contributed by atoms with Crippen molar-refractivity contribution < 1.29 is 9.13 Å². The summed E-state index contributed by atoms with van der Waals surface area (Å²) in [6, 6.07) is 6.42. The third-order valence-corrected chi connectivity index (χ3v) is 6.98. The van der Waals surface area contributed by atoms with Crippen LogP contribution in [0.2, 0.25) is 0 Å². The molecule has 3 aromatic rings. The Bertz CT molecular complexity index is 1130. The fourth-order valence-electron chi connectivity index (χ4n) is 5.21. The number of likely N-dealkylation sites (tertiary alicyclic amines) is 1. The molecule has 8 heteroatoms. The summed E-state index contributed by atoms with van der Waals surface area (Å²) in [5, 5.41) is 8.54. The third-order valence-electron chi connectivity index (χ3n) is 6.98. The molecule has 4 heterocycles. The summed E-state index contributed by atoms with van der Waals surface area (Å²) in [4.78, 5) is 11.5. The lowest BCUT2D eigenvalue weighted by atomic mass is 9.84. The van der Waals surface area contributed by atoms with E-state index in [-0.39, 0.29) is 5.92 Å². The Morgan fingerprint density at radius 1 is 1.19 bits per heavy atom. The molecule has 32 heavy (non-hydrogen) atoms. The molecule has 0 saturated carbocycles. The summed E-state index contributed by atoms with van der Waals surface area (Å²) in [7, 11) is 1.88. The number of piperidine rings is 1. The van der Waals surface area contributed by atoms with Crippen LogP contribution in [-0.4, -0.2) is 63.2 Å². The summed E-state index contributed by atoms with van der Waals surface area (Å²) >= 11 is 0. The van der Waals surface area contributed by atoms with E-state index in [0.29, 0.717) is 24.5 Å². The first-order chi connectivity index (χ1) is 15.4. The normalized spacial score (nSPS) is 26.7. The SMILES string of the molecule is Cc1cc(Nc2ncc3cc(C)c([C@H]4CCN([C@H]5COC[C@H]5C)C[C@@H]4F)cc3n2)n(C)n1. The number of anilines is 2. The fraction of sp³-hybridized carbons (Fsp3) is 0.542. The van der Waals surface area contributed by atoms with Crippen molar-refractivity contribution in [3.05, 3.63) is 41.2 Å². The summed E-state index contributed by atoms with van der Waals surface area (Å²) in [6.45, 7) is 9.07. The Morgan fingerprint density at radius 3 is 2.72 bits per heavy atom. The van der Waals surface area contributed by atoms with Crippen molar-refractivity contribution in [2.24, 2.45) is 13.0 Å². The van der Waals surface area contributed by atoms with E-state index < -0.39 is 6.17 Å². The lowest BCUT2D eigenvalue weighted by Gasteiger charge is -2.39. The standard InChI is InChI=1S/C24H31FN6O/c1-14-7-17-10-26-24(28-23-8-16(3)29-30(23)4)27-21(17)9-19(14)18-5-6-31(11-20(18)25)22-13-32-12-15(22)2/h7-10,15,18,20,22H,5-6,11-13H2,1-4H3,(H,26,27,28)/t15-,18-,20+,22+/m1/s1. The van der Waals surface area contributed by atoms with Crippen LogP contribution in [0.1, 0.15) is 36.1 Å². The molecule has 0 amide bonds. The number of hydrogen-bond acceptors (Lipinski definition) is 6. The first-order valence-corrected chi connectivity index (χ1v) is 11.4. The lowest BCUT2D eigenvalue weighted by molar-refractivity contribution is 0.0657. The zero-order valence-corrected chi connectivity index (χ0v) is 19.2. The molecule has 0 aliphatic carbocycles. The number of hydrogen-bond donors (Lipinski definition) is 1. The van der Waals surface area contributed by atoms with Gasteiger partial charge in [0.15, 0.2) is 0 Å². The minimum atomic E-state index is -0.899. The number of halogens is 1. The van der Waals surface area contributed by atoms with Gasteiger partial charge >= 0.3 is 0 Å². The maximum absolute atomic E-state index is 15.4. The average molecular weight is 439 g/mol. The molecule has 0 unspecified atom stereocenters. The van der Waals surface area contributed by atoms with Gasteiger partial charge in [-0.05, 0) is 56.0 Å². The first kappa shape index (κ1) is 21.3. The Labute approximate surface area is 188 Å². The van der Waals surface area contributed by atoms with E-state index in [4.69, 9.17) is 9.72 Å². The van der Waals surface area contributed by atoms with Gasteiger partial charge in [-0.3, -0.25) is 9.58 Å². The van der Waals surface area contributed by atoms with Gasteiger partial charge in [-0.2, -0.15) is 5.10 Å². The molecule has 5 rings (SSSR count). The van der Waals surface area contributed by atoms with E-state index in [2.05, 4.69) is 46.3 Å². The Morgan fingerprint density at radius 2 is 2.03 bits per heavy atom. The van der Waals surface area contributed by atoms with Crippen LogP contribution in [0.5, 0.6) is 0 Å². The second kappa shape index (κ2) is 8.41. The number of rotatable bonds is 4. The minimum absolute atomic E-state index is 0.112. The number of alkyl halides is 1. The van der Waals surface area contributed by atoms with Gasteiger partial charge in [-0.25, -0.2) is 14.4 Å². The molecule has 4 atom stereocenters. The van der Waals surface area contributed by atoms with Crippen LogP contribution < -0.4 is 5.32 Å². The molecule has 2 aliphatic heterocycles. The van der Waals surface area contributed by atoms with Crippen LogP contribution in [0.4, 0.5) is 16.2 Å². The van der Waals surface area contributed by atoms with E-state index in [9.17, 15) is 0 Å². The number of aryl methyl sites for hydroxylation is 3. The number of benzene rings is 1. The minimum Gasteiger partial charge on any atom is -0.379 e. The third kappa shape index (κ3) is 3.97. The van der Waals surface area contributed by atoms with Crippen molar-refractivity contribution in [3.63, 3.8) is 0 Å². The van der Waals surface area contributed by atoms with E-state index in [1.54, 1.807) is 4.68 Å². The highest BCUT2D eigenvalue weighted by molar-refractivity contribution is 5.81. The summed E-state index contributed by atoms with van der Waals surface area (Å²) < 4.78 is 22.8. The molecule has 0 radical (unpaired) electrons. The highest BCUT2D eigenvalue weighted by atomic mass is 19.1. The van der Waals surface area contributed by atoms with Crippen molar-refractivity contribution in [3.8, 4) is 0 Å². The average Bonchev–Trinajstić information content (AvgIpc) is 3.32. The lowest BCUT2D eigenvalue weighted by Crippen LogP contribution is -2.48. The van der Waals surface area contributed by atoms with E-state index in [1.807, 2.05) is 26.2 Å². The molecule has 2 fully saturated rings. The topological polar surface area (TPSA) is 68.1 Å². The van der Waals surface area contributed by atoms with Gasteiger partial charge in [0.25, 0.3) is 0 Å². The quantitative estimate of drug-likeness (QED) is 0.667. The molecule has 2 aliphatic rings. The van der Waals surface area contributed by atoms with Crippen LogP contribution >= 0.6 is 0 Å². The summed E-state index contributed by atoms with van der Waals surface area (Å²) in [5.41, 5.74) is 3.91. The van der Waals surface area contributed by atoms with Crippen molar-refractivity contribution in [2.75, 3.05) is 31.6 Å². The highest BCUT2D eigenvalue weighted by Crippen LogP contribution is 2.36. The van der Waals surface area contributed by atoms with Gasteiger partial charge < -0.3 is 10.1 Å². The molecule has 2 saturated heterocycles. The largest absolute Gasteiger partial charge is 0.379 e. The van der Waals surface area contributed by atoms with Gasteiger partial charge in [0.05, 0.1) is 24.4 Å². The highest BCUT2D eigenvalue weighted by Gasteiger charge is 2.37. The predicted octanol–water partition coefficient (Wildman–Crippen LogP) is 3.89. The van der Waals surface area contributed by atoms with Crippen molar-refractivity contribution in [1.82, 2.24) is 24.6 Å². The number of aromatic nitrogens is 4. The van der Waals surface area contributed by atoms with Crippen LogP contribution in [0.3, 0.4) is 0 Å². The second-order valence-corrected chi connectivity index (χ2v) is 9.37. The monoisotopic (exact) mass is 438 g/mol. The van der Waals surface area contributed by atoms with Crippen LogP contribution in [-0.2, 0) is 11.8 Å². The Balaban J connectivity index is 1.39. The number of ether oxygens (including phenoxy) is 1. The maximum atomic E-state index is 15.4. The Hall–Kier alpha value is -2.58. The molecule has 1 aromatic carbocycles. The molecule has 0 spiro atoms. The maximum Gasteiger partial charge on any atom is 0.228 e. The number of nitrogens with one attached hydrogen (secondary N) is 1. The summed E-state index contributed by atoms with van der Waals surface area (Å²) in [6.07, 6.45) is 1.73. The van der Waals surface area contributed by atoms with Gasteiger partial charge in [0.1, 0.15) is 12.0 Å². The fourth-order valence-corrected chi connectivity index (χ4v) is 5.21. The first-order valence-electron chi connectivity index (χ1n) is 11.4. The van der Waals surface area contributed by atoms with Crippen LogP contribution in [0, 0.1) is 19.8 Å². The zero-order valence-electron chi connectivity index (χ0n) is 19.2. The molecule has 0 bridgehead atoms. The second-order valence-electron chi connectivity index (χ2n) is 9.37. The van der Waals surface area contributed by atoms with Crippen molar-refractivity contribution >= 4 is 22.7 Å². The number of nitrogens with zero attached hydrogens (tertiary/aromatic N) is 5.